The number of rotatable bonds is 6. The summed E-state index contributed by atoms with van der Waals surface area (Å²) in [7, 11) is 0. The van der Waals surface area contributed by atoms with Gasteiger partial charge in [-0.3, -0.25) is 19.9 Å². The van der Waals surface area contributed by atoms with E-state index < -0.39 is 0 Å². The maximum atomic E-state index is 13.1. The number of unbranched alkanes of at least 4 members (excludes halogenated alkanes) is 1. The molecule has 0 saturated carbocycles. The number of benzene rings is 3. The largest absolute Gasteiger partial charge is 0.507 e. The second-order valence-corrected chi connectivity index (χ2v) is 9.87. The van der Waals surface area contributed by atoms with Crippen LogP contribution in [0, 0.1) is 0 Å². The molecule has 3 aromatic rings. The van der Waals surface area contributed by atoms with Gasteiger partial charge in [0.15, 0.2) is 0 Å². The van der Waals surface area contributed by atoms with Crippen LogP contribution in [-0.4, -0.2) is 47.7 Å². The molecular formula is C29H30N4O3. The first-order chi connectivity index (χ1) is 17.6. The standard InChI is InChI=1S/C29H30N4O3/c1-2-3-15-33-28(35)21-9-4-8-20-24(12-11-22(25(20)21)29(33)36)31-30-17-19-16-18-7-5-13-32-14-6-10-23(26(18)32)27(19)34/h4,8-9,11-12,16-17,31,34H,2-3,5-7,10,13-15H2,1H3/b30-17+. The van der Waals surface area contributed by atoms with E-state index in [0.29, 0.717) is 40.1 Å². The number of amides is 2. The van der Waals surface area contributed by atoms with Crippen molar-refractivity contribution in [1.29, 1.82) is 0 Å². The predicted molar refractivity (Wildman–Crippen MR) is 142 cm³/mol. The van der Waals surface area contributed by atoms with E-state index in [1.807, 2.05) is 25.1 Å². The molecule has 2 N–H and O–H groups in total. The van der Waals surface area contributed by atoms with Crippen LogP contribution in [0.5, 0.6) is 5.75 Å². The Bertz CT molecular complexity index is 1400. The van der Waals surface area contributed by atoms with E-state index in [1.54, 1.807) is 18.3 Å². The van der Waals surface area contributed by atoms with E-state index in [1.165, 1.54) is 16.2 Å². The number of aryl methyl sites for hydroxylation is 1. The van der Waals surface area contributed by atoms with Gasteiger partial charge >= 0.3 is 0 Å². The number of carbonyl (C=O) groups is 2. The number of hydrogen-bond acceptors (Lipinski definition) is 6. The Morgan fingerprint density at radius 3 is 2.64 bits per heavy atom. The van der Waals surface area contributed by atoms with Crippen molar-refractivity contribution in [3.8, 4) is 5.75 Å². The maximum Gasteiger partial charge on any atom is 0.261 e. The maximum absolute atomic E-state index is 13.1. The Labute approximate surface area is 210 Å². The lowest BCUT2D eigenvalue weighted by atomic mass is 9.89. The zero-order chi connectivity index (χ0) is 24.8. The highest BCUT2D eigenvalue weighted by Crippen LogP contribution is 2.41. The molecule has 3 aromatic carbocycles. The molecule has 0 saturated heterocycles. The highest BCUT2D eigenvalue weighted by molar-refractivity contribution is 6.26. The van der Waals surface area contributed by atoms with Crippen molar-refractivity contribution in [3.05, 3.63) is 64.2 Å². The van der Waals surface area contributed by atoms with Crippen molar-refractivity contribution >= 4 is 40.2 Å². The van der Waals surface area contributed by atoms with E-state index in [-0.39, 0.29) is 11.8 Å². The van der Waals surface area contributed by atoms with Gasteiger partial charge < -0.3 is 10.0 Å². The molecule has 36 heavy (non-hydrogen) atoms. The molecule has 184 valence electrons. The van der Waals surface area contributed by atoms with Crippen LogP contribution in [0.4, 0.5) is 11.4 Å². The third-order valence-corrected chi connectivity index (χ3v) is 7.64. The van der Waals surface area contributed by atoms with Crippen molar-refractivity contribution in [2.75, 3.05) is 30.0 Å². The smallest absolute Gasteiger partial charge is 0.261 e. The fourth-order valence-electron chi connectivity index (χ4n) is 5.90. The van der Waals surface area contributed by atoms with Crippen molar-refractivity contribution in [3.63, 3.8) is 0 Å². The van der Waals surface area contributed by atoms with Crippen LogP contribution >= 0.6 is 0 Å². The minimum Gasteiger partial charge on any atom is -0.507 e. The number of carbonyl (C=O) groups excluding carboxylic acids is 2. The molecule has 2 amide bonds. The van der Waals surface area contributed by atoms with Crippen molar-refractivity contribution in [1.82, 2.24) is 4.90 Å². The summed E-state index contributed by atoms with van der Waals surface area (Å²) in [6.07, 6.45) is 7.43. The molecule has 0 unspecified atom stereocenters. The molecule has 7 heteroatoms. The van der Waals surface area contributed by atoms with Gasteiger partial charge in [-0.05, 0) is 61.9 Å². The number of nitrogens with one attached hydrogen (secondary N) is 1. The second kappa shape index (κ2) is 8.97. The minimum absolute atomic E-state index is 0.241. The highest BCUT2D eigenvalue weighted by Gasteiger charge is 2.33. The lowest BCUT2D eigenvalue weighted by Crippen LogP contribution is -2.40. The number of hydrogen-bond donors (Lipinski definition) is 2. The quantitative estimate of drug-likeness (QED) is 0.291. The van der Waals surface area contributed by atoms with Crippen LogP contribution in [0.15, 0.2) is 41.5 Å². The van der Waals surface area contributed by atoms with Crippen LogP contribution in [0.3, 0.4) is 0 Å². The first kappa shape index (κ1) is 22.6. The van der Waals surface area contributed by atoms with E-state index in [4.69, 9.17) is 0 Å². The Morgan fingerprint density at radius 1 is 1.06 bits per heavy atom. The van der Waals surface area contributed by atoms with E-state index in [2.05, 4.69) is 21.5 Å². The van der Waals surface area contributed by atoms with Gasteiger partial charge in [0.1, 0.15) is 5.75 Å². The fourth-order valence-corrected chi connectivity index (χ4v) is 5.90. The highest BCUT2D eigenvalue weighted by atomic mass is 16.3. The average Bonchev–Trinajstić information content (AvgIpc) is 2.90. The van der Waals surface area contributed by atoms with Crippen LogP contribution in [-0.2, 0) is 12.8 Å². The minimum atomic E-state index is -0.241. The van der Waals surface area contributed by atoms with Crippen LogP contribution < -0.4 is 10.3 Å². The van der Waals surface area contributed by atoms with Gasteiger partial charge in [0.2, 0.25) is 0 Å². The molecule has 0 aromatic heterocycles. The van der Waals surface area contributed by atoms with Gasteiger partial charge in [-0.2, -0.15) is 5.10 Å². The van der Waals surface area contributed by atoms with Gasteiger partial charge in [-0.15, -0.1) is 0 Å². The first-order valence-corrected chi connectivity index (χ1v) is 12.9. The van der Waals surface area contributed by atoms with Gasteiger partial charge in [0.25, 0.3) is 11.8 Å². The van der Waals surface area contributed by atoms with Gasteiger partial charge in [-0.25, -0.2) is 0 Å². The van der Waals surface area contributed by atoms with Gasteiger partial charge in [-0.1, -0.05) is 25.5 Å². The Hall–Kier alpha value is -3.87. The molecule has 3 aliphatic heterocycles. The SMILES string of the molecule is CCCCN1C(=O)c2cccc3c(N/N=C/c4cc5c6c(c4O)CCCN6CCC5)ccc(c23)C1=O. The molecule has 7 nitrogen and oxygen atoms in total. The molecule has 0 spiro atoms. The summed E-state index contributed by atoms with van der Waals surface area (Å²) in [5.41, 5.74) is 9.13. The monoisotopic (exact) mass is 482 g/mol. The molecule has 0 radical (unpaired) electrons. The van der Waals surface area contributed by atoms with Crippen molar-refractivity contribution < 1.29 is 14.7 Å². The van der Waals surface area contributed by atoms with Crippen LogP contribution in [0.2, 0.25) is 0 Å². The summed E-state index contributed by atoms with van der Waals surface area (Å²) in [6.45, 7) is 4.58. The van der Waals surface area contributed by atoms with E-state index >= 15 is 0 Å². The van der Waals surface area contributed by atoms with E-state index in [9.17, 15) is 14.7 Å². The third kappa shape index (κ3) is 3.53. The molecule has 0 aliphatic carbocycles. The second-order valence-electron chi connectivity index (χ2n) is 9.87. The summed E-state index contributed by atoms with van der Waals surface area (Å²) in [4.78, 5) is 30.0. The Morgan fingerprint density at radius 2 is 1.83 bits per heavy atom. The zero-order valence-electron chi connectivity index (χ0n) is 20.5. The first-order valence-electron chi connectivity index (χ1n) is 12.9. The summed E-state index contributed by atoms with van der Waals surface area (Å²) in [5.74, 6) is -0.172. The molecule has 0 atom stereocenters. The number of anilines is 2. The normalized spacial score (nSPS) is 16.7. The summed E-state index contributed by atoms with van der Waals surface area (Å²) < 4.78 is 0. The van der Waals surface area contributed by atoms with Gasteiger partial charge in [0, 0.05) is 58.3 Å². The molecule has 3 aliphatic rings. The molecule has 3 heterocycles. The number of aromatic hydroxyl groups is 1. The van der Waals surface area contributed by atoms with Crippen LogP contribution in [0.25, 0.3) is 10.8 Å². The summed E-state index contributed by atoms with van der Waals surface area (Å²) in [6, 6.07) is 11.2. The lowest BCUT2D eigenvalue weighted by Gasteiger charge is -2.37. The van der Waals surface area contributed by atoms with Crippen molar-refractivity contribution in [2.45, 2.75) is 45.4 Å². The number of nitrogens with zero attached hydrogens (tertiary/aromatic N) is 3. The number of phenols is 1. The topological polar surface area (TPSA) is 85.2 Å². The molecular weight excluding hydrogens is 452 g/mol. The Balaban J connectivity index is 1.33. The third-order valence-electron chi connectivity index (χ3n) is 7.64. The zero-order valence-corrected chi connectivity index (χ0v) is 20.5. The lowest BCUT2D eigenvalue weighted by molar-refractivity contribution is 0.0608. The summed E-state index contributed by atoms with van der Waals surface area (Å²) >= 11 is 0. The molecule has 6 rings (SSSR count). The van der Waals surface area contributed by atoms with Gasteiger partial charge in [0.05, 0.1) is 11.9 Å². The van der Waals surface area contributed by atoms with E-state index in [0.717, 1.165) is 62.6 Å². The number of phenolic OH excluding ortho intramolecular Hbond substituents is 1. The van der Waals surface area contributed by atoms with Crippen molar-refractivity contribution in [2.24, 2.45) is 5.10 Å². The molecule has 0 fully saturated rings. The fraction of sp³-hybridized carbons (Fsp3) is 0.345. The predicted octanol–water partition coefficient (Wildman–Crippen LogP) is 5.09. The Kier molecular flexibility index (Phi) is 5.63. The number of imide groups is 1. The number of hydrazone groups is 1. The summed E-state index contributed by atoms with van der Waals surface area (Å²) in [5, 5.41) is 16.9. The van der Waals surface area contributed by atoms with Crippen LogP contribution in [0.1, 0.15) is 70.0 Å². The molecule has 0 bridgehead atoms. The average molecular weight is 483 g/mol.